The highest BCUT2D eigenvalue weighted by molar-refractivity contribution is 6.36. The van der Waals surface area contributed by atoms with Gasteiger partial charge in [-0.15, -0.1) is 0 Å². The molecule has 0 aliphatic rings. The molecule has 1 N–H and O–H groups in total. The first-order chi connectivity index (χ1) is 7.42. The molecule has 0 fully saturated rings. The van der Waals surface area contributed by atoms with Crippen molar-refractivity contribution in [3.8, 4) is 0 Å². The lowest BCUT2D eigenvalue weighted by atomic mass is 10.1. The molecule has 1 amide bonds. The number of hydrogen-bond acceptors (Lipinski definition) is 4. The minimum atomic E-state index is -0.742. The quantitative estimate of drug-likeness (QED) is 0.536. The van der Waals surface area contributed by atoms with Gasteiger partial charge < -0.3 is 10.1 Å². The van der Waals surface area contributed by atoms with Crippen molar-refractivity contribution in [2.45, 2.75) is 39.7 Å². The average Bonchev–Trinajstić information content (AvgIpc) is 2.23. The lowest BCUT2D eigenvalue weighted by Gasteiger charge is -2.14. The molecule has 0 saturated heterocycles. The standard InChI is InChI=1S/C11H19NO4/c1-5-8(11(15)16-4)12-10(14)9(13)6-7(2)3/h7-8H,5-6H2,1-4H3,(H,12,14). The number of ether oxygens (including phenoxy) is 1. The molecular formula is C11H19NO4. The Kier molecular flexibility index (Phi) is 6.37. The van der Waals surface area contributed by atoms with Crippen molar-refractivity contribution in [1.29, 1.82) is 0 Å². The van der Waals surface area contributed by atoms with Gasteiger partial charge in [-0.25, -0.2) is 4.79 Å². The van der Waals surface area contributed by atoms with E-state index in [2.05, 4.69) is 10.1 Å². The van der Waals surface area contributed by atoms with Gasteiger partial charge in [0.1, 0.15) is 6.04 Å². The van der Waals surface area contributed by atoms with Crippen LogP contribution in [0.15, 0.2) is 0 Å². The molecule has 0 bridgehead atoms. The first-order valence-electron chi connectivity index (χ1n) is 5.33. The predicted molar refractivity (Wildman–Crippen MR) is 58.7 cm³/mol. The Balaban J connectivity index is 4.30. The molecule has 0 aliphatic carbocycles. The summed E-state index contributed by atoms with van der Waals surface area (Å²) in [6.45, 7) is 5.43. The zero-order valence-electron chi connectivity index (χ0n) is 10.2. The normalized spacial score (nSPS) is 12.1. The van der Waals surface area contributed by atoms with Crippen LogP contribution in [0.2, 0.25) is 0 Å². The Labute approximate surface area is 95.5 Å². The smallest absolute Gasteiger partial charge is 0.328 e. The molecule has 0 saturated carbocycles. The van der Waals surface area contributed by atoms with Crippen LogP contribution in [0.25, 0.3) is 0 Å². The monoisotopic (exact) mass is 229 g/mol. The fourth-order valence-electron chi connectivity index (χ4n) is 1.17. The van der Waals surface area contributed by atoms with Gasteiger partial charge in [-0.05, 0) is 12.3 Å². The van der Waals surface area contributed by atoms with E-state index < -0.39 is 23.7 Å². The van der Waals surface area contributed by atoms with Gasteiger partial charge in [0.05, 0.1) is 7.11 Å². The number of nitrogens with one attached hydrogen (secondary N) is 1. The van der Waals surface area contributed by atoms with E-state index in [1.165, 1.54) is 7.11 Å². The van der Waals surface area contributed by atoms with Crippen LogP contribution >= 0.6 is 0 Å². The Morgan fingerprint density at radius 2 is 1.81 bits per heavy atom. The van der Waals surface area contributed by atoms with E-state index in [1.807, 2.05) is 13.8 Å². The van der Waals surface area contributed by atoms with Crippen molar-refractivity contribution in [3.05, 3.63) is 0 Å². The molecule has 0 heterocycles. The number of hydrogen-bond donors (Lipinski definition) is 1. The first kappa shape index (κ1) is 14.6. The maximum atomic E-state index is 11.4. The number of Topliss-reactive ketones (excluding diaryl/α,β-unsaturated/α-hetero) is 1. The molecule has 0 aromatic rings. The van der Waals surface area contributed by atoms with Crippen molar-refractivity contribution < 1.29 is 19.1 Å². The van der Waals surface area contributed by atoms with Crippen LogP contribution in [0.3, 0.4) is 0 Å². The number of methoxy groups -OCH3 is 1. The van der Waals surface area contributed by atoms with Crippen molar-refractivity contribution in [3.63, 3.8) is 0 Å². The van der Waals surface area contributed by atoms with Gasteiger partial charge in [-0.3, -0.25) is 9.59 Å². The van der Waals surface area contributed by atoms with Gasteiger partial charge in [0.25, 0.3) is 5.91 Å². The van der Waals surface area contributed by atoms with Gasteiger partial charge in [0.2, 0.25) is 5.78 Å². The van der Waals surface area contributed by atoms with Crippen LogP contribution in [0.1, 0.15) is 33.6 Å². The molecule has 0 radical (unpaired) electrons. The molecule has 0 rings (SSSR count). The first-order valence-corrected chi connectivity index (χ1v) is 5.33. The van der Waals surface area contributed by atoms with Crippen molar-refractivity contribution in [2.75, 3.05) is 7.11 Å². The molecule has 0 aliphatic heterocycles. The second kappa shape index (κ2) is 6.98. The SMILES string of the molecule is CCC(NC(=O)C(=O)CC(C)C)C(=O)OC. The summed E-state index contributed by atoms with van der Waals surface area (Å²) in [6, 6.07) is -0.742. The summed E-state index contributed by atoms with van der Waals surface area (Å²) in [6.07, 6.45) is 0.580. The van der Waals surface area contributed by atoms with Crippen molar-refractivity contribution in [1.82, 2.24) is 5.32 Å². The molecule has 92 valence electrons. The van der Waals surface area contributed by atoms with Crippen LogP contribution in [0.5, 0.6) is 0 Å². The second-order valence-corrected chi connectivity index (χ2v) is 3.98. The zero-order valence-corrected chi connectivity index (χ0v) is 10.2. The summed E-state index contributed by atoms with van der Waals surface area (Å²) in [5.74, 6) is -1.63. The van der Waals surface area contributed by atoms with Gasteiger partial charge in [0.15, 0.2) is 0 Å². The molecule has 5 nitrogen and oxygen atoms in total. The second-order valence-electron chi connectivity index (χ2n) is 3.98. The highest BCUT2D eigenvalue weighted by Crippen LogP contribution is 2.01. The lowest BCUT2D eigenvalue weighted by molar-refractivity contribution is -0.146. The molecule has 1 unspecified atom stereocenters. The van der Waals surface area contributed by atoms with Crippen molar-refractivity contribution in [2.24, 2.45) is 5.92 Å². The minimum absolute atomic E-state index is 0.122. The van der Waals surface area contributed by atoms with E-state index in [4.69, 9.17) is 0 Å². The molecule has 0 aromatic heterocycles. The van der Waals surface area contributed by atoms with Gasteiger partial charge in [-0.1, -0.05) is 20.8 Å². The number of amides is 1. The summed E-state index contributed by atoms with van der Waals surface area (Å²) < 4.78 is 4.50. The molecule has 5 heteroatoms. The van der Waals surface area contributed by atoms with Gasteiger partial charge in [-0.2, -0.15) is 0 Å². The Hall–Kier alpha value is -1.39. The third-order valence-electron chi connectivity index (χ3n) is 2.05. The number of carbonyl (C=O) groups excluding carboxylic acids is 3. The summed E-state index contributed by atoms with van der Waals surface area (Å²) >= 11 is 0. The Bertz CT molecular complexity index is 273. The van der Waals surface area contributed by atoms with E-state index >= 15 is 0 Å². The van der Waals surface area contributed by atoms with Gasteiger partial charge in [0, 0.05) is 6.42 Å². The van der Waals surface area contributed by atoms with E-state index in [0.29, 0.717) is 6.42 Å². The van der Waals surface area contributed by atoms with Crippen LogP contribution in [-0.4, -0.2) is 30.8 Å². The molecule has 16 heavy (non-hydrogen) atoms. The summed E-state index contributed by atoms with van der Waals surface area (Å²) in [5, 5.41) is 2.36. The molecular weight excluding hydrogens is 210 g/mol. The molecule has 0 aromatic carbocycles. The highest BCUT2D eigenvalue weighted by Gasteiger charge is 2.23. The van der Waals surface area contributed by atoms with E-state index in [0.717, 1.165) is 0 Å². The Morgan fingerprint density at radius 1 is 1.25 bits per heavy atom. The molecule has 0 spiro atoms. The van der Waals surface area contributed by atoms with Crippen LogP contribution in [0.4, 0.5) is 0 Å². The summed E-state index contributed by atoms with van der Waals surface area (Å²) in [5.41, 5.74) is 0. The van der Waals surface area contributed by atoms with Crippen LogP contribution in [0, 0.1) is 5.92 Å². The fourth-order valence-corrected chi connectivity index (χ4v) is 1.17. The third-order valence-corrected chi connectivity index (χ3v) is 2.05. The zero-order chi connectivity index (χ0) is 12.7. The summed E-state index contributed by atoms with van der Waals surface area (Å²) in [4.78, 5) is 33.9. The van der Waals surface area contributed by atoms with Crippen LogP contribution < -0.4 is 5.32 Å². The van der Waals surface area contributed by atoms with E-state index in [9.17, 15) is 14.4 Å². The maximum absolute atomic E-state index is 11.4. The Morgan fingerprint density at radius 3 is 2.19 bits per heavy atom. The minimum Gasteiger partial charge on any atom is -0.467 e. The van der Waals surface area contributed by atoms with Crippen LogP contribution in [-0.2, 0) is 19.1 Å². The number of rotatable bonds is 6. The number of esters is 1. The largest absolute Gasteiger partial charge is 0.467 e. The molecule has 1 atom stereocenters. The topological polar surface area (TPSA) is 72.5 Å². The van der Waals surface area contributed by atoms with E-state index in [-0.39, 0.29) is 12.3 Å². The predicted octanol–water partition coefficient (Wildman–Crippen LogP) is 0.669. The maximum Gasteiger partial charge on any atom is 0.328 e. The average molecular weight is 229 g/mol. The van der Waals surface area contributed by atoms with Crippen molar-refractivity contribution >= 4 is 17.7 Å². The number of carbonyl (C=O) groups is 3. The highest BCUT2D eigenvalue weighted by atomic mass is 16.5. The number of ketones is 1. The van der Waals surface area contributed by atoms with E-state index in [1.54, 1.807) is 6.92 Å². The lowest BCUT2D eigenvalue weighted by Crippen LogP contribution is -2.44. The summed E-state index contributed by atoms with van der Waals surface area (Å²) in [7, 11) is 1.24. The fraction of sp³-hybridized carbons (Fsp3) is 0.727. The van der Waals surface area contributed by atoms with Gasteiger partial charge >= 0.3 is 5.97 Å². The third kappa shape index (κ3) is 4.91.